The fraction of sp³-hybridized carbons (Fsp3) is 0.933. The van der Waals surface area contributed by atoms with Crippen LogP contribution in [0.3, 0.4) is 0 Å². The van der Waals surface area contributed by atoms with Crippen molar-refractivity contribution < 1.29 is 9.90 Å². The number of aliphatic carboxylic acids is 1. The molecule has 4 heteroatoms. The number of carboxylic acid groups (broad SMARTS) is 1. The number of likely N-dealkylation sites (tertiary alicyclic amines) is 1. The molecule has 1 fully saturated rings. The molecular weight excluding hydrogens is 240 g/mol. The van der Waals surface area contributed by atoms with Gasteiger partial charge >= 0.3 is 5.97 Å². The van der Waals surface area contributed by atoms with Crippen molar-refractivity contribution >= 4 is 5.97 Å². The highest BCUT2D eigenvalue weighted by molar-refractivity contribution is 5.78. The molecule has 0 aromatic carbocycles. The van der Waals surface area contributed by atoms with Gasteiger partial charge in [-0.2, -0.15) is 0 Å². The summed E-state index contributed by atoms with van der Waals surface area (Å²) in [5, 5.41) is 12.1. The highest BCUT2D eigenvalue weighted by atomic mass is 16.4. The van der Waals surface area contributed by atoms with E-state index in [-0.39, 0.29) is 0 Å². The van der Waals surface area contributed by atoms with E-state index in [2.05, 4.69) is 17.1 Å². The molecule has 1 aliphatic heterocycles. The zero-order chi connectivity index (χ0) is 14.3. The van der Waals surface area contributed by atoms with E-state index < -0.39 is 11.5 Å². The lowest BCUT2D eigenvalue weighted by atomic mass is 9.95. The number of likely N-dealkylation sites (N-methyl/N-ethyl adjacent to an activating group) is 1. The summed E-state index contributed by atoms with van der Waals surface area (Å²) in [6.07, 6.45) is 6.74. The zero-order valence-corrected chi connectivity index (χ0v) is 12.7. The Hall–Kier alpha value is -0.610. The van der Waals surface area contributed by atoms with Crippen molar-refractivity contribution in [3.05, 3.63) is 0 Å². The topological polar surface area (TPSA) is 52.6 Å². The zero-order valence-electron chi connectivity index (χ0n) is 12.7. The summed E-state index contributed by atoms with van der Waals surface area (Å²) in [6, 6.07) is 0. The van der Waals surface area contributed by atoms with Crippen LogP contribution in [-0.4, -0.2) is 48.2 Å². The molecule has 0 aromatic heterocycles. The molecule has 0 saturated carbocycles. The van der Waals surface area contributed by atoms with Gasteiger partial charge in [-0.1, -0.05) is 6.92 Å². The molecule has 0 radical (unpaired) electrons. The molecule has 2 atom stereocenters. The van der Waals surface area contributed by atoms with E-state index >= 15 is 0 Å². The molecule has 0 amide bonds. The molecule has 4 nitrogen and oxygen atoms in total. The first kappa shape index (κ1) is 16.4. The Morgan fingerprint density at radius 2 is 2.11 bits per heavy atom. The molecule has 0 bridgehead atoms. The van der Waals surface area contributed by atoms with Crippen LogP contribution < -0.4 is 5.32 Å². The third-order valence-corrected chi connectivity index (χ3v) is 4.53. The van der Waals surface area contributed by atoms with Gasteiger partial charge in [-0.3, -0.25) is 4.79 Å². The van der Waals surface area contributed by atoms with E-state index in [1.807, 2.05) is 0 Å². The van der Waals surface area contributed by atoms with E-state index in [1.165, 1.54) is 32.4 Å². The van der Waals surface area contributed by atoms with Crippen LogP contribution in [0.15, 0.2) is 0 Å². The molecule has 2 N–H and O–H groups in total. The van der Waals surface area contributed by atoms with E-state index in [1.54, 1.807) is 14.0 Å². The molecule has 0 aromatic rings. The van der Waals surface area contributed by atoms with Crippen molar-refractivity contribution in [1.82, 2.24) is 10.2 Å². The van der Waals surface area contributed by atoms with Crippen molar-refractivity contribution in [3.63, 3.8) is 0 Å². The summed E-state index contributed by atoms with van der Waals surface area (Å²) in [7, 11) is 1.73. The number of hydrogen-bond donors (Lipinski definition) is 2. The van der Waals surface area contributed by atoms with Crippen LogP contribution in [0.1, 0.15) is 52.4 Å². The molecule has 112 valence electrons. The minimum atomic E-state index is -0.771. The van der Waals surface area contributed by atoms with Gasteiger partial charge in [0, 0.05) is 0 Å². The maximum Gasteiger partial charge on any atom is 0.323 e. The van der Waals surface area contributed by atoms with Crippen LogP contribution in [0.25, 0.3) is 0 Å². The molecule has 1 rings (SSSR count). The van der Waals surface area contributed by atoms with Gasteiger partial charge in [-0.05, 0) is 78.0 Å². The quantitative estimate of drug-likeness (QED) is 0.697. The maximum atomic E-state index is 11.2. The Labute approximate surface area is 117 Å². The number of hydrogen-bond acceptors (Lipinski definition) is 3. The van der Waals surface area contributed by atoms with Gasteiger partial charge in [0.2, 0.25) is 0 Å². The SMILES string of the molecule is CNC(C)(CCCCN1CCCC(C)CC1)C(=O)O. The summed E-state index contributed by atoms with van der Waals surface area (Å²) in [5.74, 6) is 0.114. The molecule has 0 spiro atoms. The smallest absolute Gasteiger partial charge is 0.323 e. The second kappa shape index (κ2) is 7.85. The maximum absolute atomic E-state index is 11.2. The highest BCUT2D eigenvalue weighted by Gasteiger charge is 2.30. The monoisotopic (exact) mass is 270 g/mol. The fourth-order valence-electron chi connectivity index (χ4n) is 2.70. The first-order chi connectivity index (χ1) is 8.98. The molecule has 1 saturated heterocycles. The largest absolute Gasteiger partial charge is 0.480 e. The molecular formula is C15H30N2O2. The third kappa shape index (κ3) is 5.49. The number of unbranched alkanes of at least 4 members (excludes halogenated alkanes) is 1. The number of nitrogens with one attached hydrogen (secondary N) is 1. The Balaban J connectivity index is 2.21. The highest BCUT2D eigenvalue weighted by Crippen LogP contribution is 2.18. The second-order valence-electron chi connectivity index (χ2n) is 6.22. The first-order valence-corrected chi connectivity index (χ1v) is 7.62. The number of rotatable bonds is 7. The minimum Gasteiger partial charge on any atom is -0.480 e. The van der Waals surface area contributed by atoms with Crippen molar-refractivity contribution in [2.24, 2.45) is 5.92 Å². The molecule has 1 heterocycles. The van der Waals surface area contributed by atoms with Crippen LogP contribution >= 0.6 is 0 Å². The Morgan fingerprint density at radius 3 is 2.74 bits per heavy atom. The van der Waals surface area contributed by atoms with E-state index in [0.717, 1.165) is 25.3 Å². The number of carboxylic acids is 1. The summed E-state index contributed by atoms with van der Waals surface area (Å²) in [6.45, 7) is 7.65. The fourth-order valence-corrected chi connectivity index (χ4v) is 2.70. The molecule has 19 heavy (non-hydrogen) atoms. The molecule has 2 unspecified atom stereocenters. The van der Waals surface area contributed by atoms with Crippen molar-refractivity contribution in [2.75, 3.05) is 26.7 Å². The molecule has 1 aliphatic rings. The molecule has 0 aliphatic carbocycles. The van der Waals surface area contributed by atoms with Crippen molar-refractivity contribution in [1.29, 1.82) is 0 Å². The van der Waals surface area contributed by atoms with Crippen LogP contribution in [0.5, 0.6) is 0 Å². The van der Waals surface area contributed by atoms with Gasteiger partial charge in [0.05, 0.1) is 0 Å². The van der Waals surface area contributed by atoms with E-state index in [9.17, 15) is 9.90 Å². The predicted octanol–water partition coefficient (Wildman–Crippen LogP) is 2.34. The van der Waals surface area contributed by atoms with Gasteiger partial charge in [-0.25, -0.2) is 0 Å². The summed E-state index contributed by atoms with van der Waals surface area (Å²) >= 11 is 0. The Bertz CT molecular complexity index is 283. The van der Waals surface area contributed by atoms with E-state index in [0.29, 0.717) is 6.42 Å². The van der Waals surface area contributed by atoms with Gasteiger partial charge in [-0.15, -0.1) is 0 Å². The lowest BCUT2D eigenvalue weighted by Gasteiger charge is -2.25. The van der Waals surface area contributed by atoms with Gasteiger partial charge in [0.1, 0.15) is 5.54 Å². The van der Waals surface area contributed by atoms with Crippen LogP contribution in [0, 0.1) is 5.92 Å². The lowest BCUT2D eigenvalue weighted by molar-refractivity contribution is -0.144. The van der Waals surface area contributed by atoms with Gasteiger partial charge in [0.25, 0.3) is 0 Å². The summed E-state index contributed by atoms with van der Waals surface area (Å²) < 4.78 is 0. The van der Waals surface area contributed by atoms with Crippen LogP contribution in [0.4, 0.5) is 0 Å². The normalized spacial score (nSPS) is 24.7. The summed E-state index contributed by atoms with van der Waals surface area (Å²) in [5.41, 5.74) is -0.771. The average molecular weight is 270 g/mol. The summed E-state index contributed by atoms with van der Waals surface area (Å²) in [4.78, 5) is 13.7. The average Bonchev–Trinajstić information content (AvgIpc) is 2.59. The predicted molar refractivity (Wildman–Crippen MR) is 78.4 cm³/mol. The van der Waals surface area contributed by atoms with Crippen LogP contribution in [-0.2, 0) is 4.79 Å². The van der Waals surface area contributed by atoms with Crippen molar-refractivity contribution in [3.8, 4) is 0 Å². The van der Waals surface area contributed by atoms with Crippen LogP contribution in [0.2, 0.25) is 0 Å². The van der Waals surface area contributed by atoms with E-state index in [4.69, 9.17) is 0 Å². The first-order valence-electron chi connectivity index (χ1n) is 7.62. The second-order valence-corrected chi connectivity index (χ2v) is 6.22. The van der Waals surface area contributed by atoms with Crippen molar-refractivity contribution in [2.45, 2.75) is 57.9 Å². The lowest BCUT2D eigenvalue weighted by Crippen LogP contribution is -2.47. The number of carbonyl (C=O) groups is 1. The standard InChI is InChI=1S/C15H30N2O2/c1-13-7-6-11-17(12-8-13)10-5-4-9-15(2,16-3)14(18)19/h13,16H,4-12H2,1-3H3,(H,18,19). The third-order valence-electron chi connectivity index (χ3n) is 4.53. The van der Waals surface area contributed by atoms with Gasteiger partial charge < -0.3 is 15.3 Å². The number of nitrogens with zero attached hydrogens (tertiary/aromatic N) is 1. The minimum absolute atomic E-state index is 0.697. The Kier molecular flexibility index (Phi) is 6.80. The van der Waals surface area contributed by atoms with Gasteiger partial charge in [0.15, 0.2) is 0 Å². The Morgan fingerprint density at radius 1 is 1.37 bits per heavy atom.